The summed E-state index contributed by atoms with van der Waals surface area (Å²) in [6, 6.07) is 7.30. The fourth-order valence-corrected chi connectivity index (χ4v) is 3.44. The lowest BCUT2D eigenvalue weighted by atomic mass is 9.95. The predicted octanol–water partition coefficient (Wildman–Crippen LogP) is 3.00. The molecule has 0 radical (unpaired) electrons. The maximum Gasteiger partial charge on any atom is 0.251 e. The van der Waals surface area contributed by atoms with Gasteiger partial charge in [0.05, 0.1) is 18.2 Å². The van der Waals surface area contributed by atoms with Crippen LogP contribution in [-0.2, 0) is 9.59 Å². The number of hydrogen-bond acceptors (Lipinski definition) is 3. The number of carbonyl (C=O) groups excluding carboxylic acids is 2. The van der Waals surface area contributed by atoms with Crippen molar-refractivity contribution in [3.63, 3.8) is 0 Å². The average molecular weight is 351 g/mol. The molecular formula is C16H19BrN2O2. The number of nitrogens with zero attached hydrogens (tertiary/aromatic N) is 1. The normalized spacial score (nSPS) is 23.9. The lowest BCUT2D eigenvalue weighted by Gasteiger charge is -2.25. The maximum absolute atomic E-state index is 12.5. The summed E-state index contributed by atoms with van der Waals surface area (Å²) < 4.78 is 0.933. The lowest BCUT2D eigenvalue weighted by Crippen LogP contribution is -2.44. The molecule has 2 amide bonds. The molecule has 1 heterocycles. The van der Waals surface area contributed by atoms with Crippen LogP contribution in [0.4, 0.5) is 5.69 Å². The van der Waals surface area contributed by atoms with Crippen LogP contribution in [0.25, 0.3) is 0 Å². The van der Waals surface area contributed by atoms with E-state index in [1.165, 1.54) is 24.2 Å². The SMILES string of the molecule is O=C1C[C@H](NC2CCCCC2)C(=O)N1c1ccc(Br)cc1. The Morgan fingerprint density at radius 2 is 1.71 bits per heavy atom. The van der Waals surface area contributed by atoms with E-state index in [1.807, 2.05) is 12.1 Å². The molecule has 1 aromatic carbocycles. The number of hydrogen-bond donors (Lipinski definition) is 1. The van der Waals surface area contributed by atoms with Gasteiger partial charge in [-0.05, 0) is 37.1 Å². The summed E-state index contributed by atoms with van der Waals surface area (Å²) in [5.74, 6) is -0.233. The minimum absolute atomic E-state index is 0.115. The van der Waals surface area contributed by atoms with E-state index in [0.717, 1.165) is 17.3 Å². The van der Waals surface area contributed by atoms with Gasteiger partial charge in [0.15, 0.2) is 0 Å². The van der Waals surface area contributed by atoms with E-state index in [9.17, 15) is 9.59 Å². The number of rotatable bonds is 3. The summed E-state index contributed by atoms with van der Waals surface area (Å²) in [4.78, 5) is 26.0. The molecule has 1 N–H and O–H groups in total. The van der Waals surface area contributed by atoms with Gasteiger partial charge in [0.2, 0.25) is 5.91 Å². The summed E-state index contributed by atoms with van der Waals surface area (Å²) in [6.07, 6.45) is 6.19. The highest BCUT2D eigenvalue weighted by Gasteiger charge is 2.40. The van der Waals surface area contributed by atoms with Gasteiger partial charge in [0.25, 0.3) is 5.91 Å². The molecule has 21 heavy (non-hydrogen) atoms. The molecule has 2 fully saturated rings. The zero-order valence-corrected chi connectivity index (χ0v) is 13.4. The Hall–Kier alpha value is -1.20. The summed E-state index contributed by atoms with van der Waals surface area (Å²) in [5, 5.41) is 3.39. The van der Waals surface area contributed by atoms with Crippen molar-refractivity contribution in [1.82, 2.24) is 5.32 Å². The molecule has 0 unspecified atom stereocenters. The van der Waals surface area contributed by atoms with Crippen LogP contribution in [0, 0.1) is 0 Å². The van der Waals surface area contributed by atoms with Gasteiger partial charge in [0.1, 0.15) is 0 Å². The maximum atomic E-state index is 12.5. The molecule has 1 aliphatic heterocycles. The minimum atomic E-state index is -0.357. The first-order valence-electron chi connectivity index (χ1n) is 7.53. The minimum Gasteiger partial charge on any atom is -0.303 e. The molecule has 1 aliphatic carbocycles. The van der Waals surface area contributed by atoms with Crippen molar-refractivity contribution in [3.05, 3.63) is 28.7 Å². The van der Waals surface area contributed by atoms with Gasteiger partial charge < -0.3 is 5.32 Å². The number of carbonyl (C=O) groups is 2. The number of anilines is 1. The van der Waals surface area contributed by atoms with Gasteiger partial charge in [-0.3, -0.25) is 9.59 Å². The van der Waals surface area contributed by atoms with Crippen LogP contribution in [0.5, 0.6) is 0 Å². The van der Waals surface area contributed by atoms with Crippen LogP contribution in [0.15, 0.2) is 28.7 Å². The Morgan fingerprint density at radius 3 is 2.38 bits per heavy atom. The number of imide groups is 1. The first kappa shape index (κ1) is 14.7. The topological polar surface area (TPSA) is 49.4 Å². The van der Waals surface area contributed by atoms with E-state index in [4.69, 9.17) is 0 Å². The lowest BCUT2D eigenvalue weighted by molar-refractivity contribution is -0.121. The number of benzene rings is 1. The molecule has 1 saturated carbocycles. The highest BCUT2D eigenvalue weighted by atomic mass is 79.9. The third kappa shape index (κ3) is 3.19. The van der Waals surface area contributed by atoms with Gasteiger partial charge in [-0.1, -0.05) is 35.2 Å². The van der Waals surface area contributed by atoms with Crippen LogP contribution in [-0.4, -0.2) is 23.9 Å². The van der Waals surface area contributed by atoms with Gasteiger partial charge >= 0.3 is 0 Å². The third-order valence-corrected chi connectivity index (χ3v) is 4.80. The second-order valence-corrected chi connectivity index (χ2v) is 6.72. The van der Waals surface area contributed by atoms with E-state index in [0.29, 0.717) is 11.7 Å². The van der Waals surface area contributed by atoms with Crippen molar-refractivity contribution in [2.45, 2.75) is 50.6 Å². The molecule has 0 bridgehead atoms. The van der Waals surface area contributed by atoms with Crippen molar-refractivity contribution < 1.29 is 9.59 Å². The summed E-state index contributed by atoms with van der Waals surface area (Å²) in [5.41, 5.74) is 0.654. The van der Waals surface area contributed by atoms with Gasteiger partial charge in [0, 0.05) is 10.5 Å². The molecule has 4 nitrogen and oxygen atoms in total. The Morgan fingerprint density at radius 1 is 1.05 bits per heavy atom. The molecule has 1 saturated heterocycles. The van der Waals surface area contributed by atoms with Crippen LogP contribution < -0.4 is 10.2 Å². The molecule has 0 aromatic heterocycles. The molecule has 3 rings (SSSR count). The molecule has 1 aromatic rings. The monoisotopic (exact) mass is 350 g/mol. The molecule has 0 spiro atoms. The van der Waals surface area contributed by atoms with Crippen LogP contribution in [0.2, 0.25) is 0 Å². The Bertz CT molecular complexity index is 538. The molecule has 112 valence electrons. The second kappa shape index (κ2) is 6.28. The van der Waals surface area contributed by atoms with Crippen molar-refractivity contribution in [2.75, 3.05) is 4.90 Å². The summed E-state index contributed by atoms with van der Waals surface area (Å²) in [6.45, 7) is 0. The fourth-order valence-electron chi connectivity index (χ4n) is 3.18. The van der Waals surface area contributed by atoms with E-state index < -0.39 is 0 Å². The highest BCUT2D eigenvalue weighted by molar-refractivity contribution is 9.10. The fraction of sp³-hybridized carbons (Fsp3) is 0.500. The first-order chi connectivity index (χ1) is 10.1. The quantitative estimate of drug-likeness (QED) is 0.852. The van der Waals surface area contributed by atoms with E-state index in [-0.39, 0.29) is 24.3 Å². The second-order valence-electron chi connectivity index (χ2n) is 5.80. The third-order valence-electron chi connectivity index (χ3n) is 4.27. The zero-order valence-electron chi connectivity index (χ0n) is 11.8. The van der Waals surface area contributed by atoms with Crippen molar-refractivity contribution in [3.8, 4) is 0 Å². The number of amides is 2. The highest BCUT2D eigenvalue weighted by Crippen LogP contribution is 2.26. The zero-order chi connectivity index (χ0) is 14.8. The average Bonchev–Trinajstić information content (AvgIpc) is 2.76. The largest absolute Gasteiger partial charge is 0.303 e. The van der Waals surface area contributed by atoms with E-state index >= 15 is 0 Å². The smallest absolute Gasteiger partial charge is 0.251 e. The van der Waals surface area contributed by atoms with Crippen LogP contribution in [0.3, 0.4) is 0 Å². The molecule has 2 aliphatic rings. The summed E-state index contributed by atoms with van der Waals surface area (Å²) >= 11 is 3.36. The van der Waals surface area contributed by atoms with Crippen molar-refractivity contribution >= 4 is 33.4 Å². The molecule has 1 atom stereocenters. The van der Waals surface area contributed by atoms with E-state index in [2.05, 4.69) is 21.2 Å². The Balaban J connectivity index is 1.71. The molecule has 5 heteroatoms. The van der Waals surface area contributed by atoms with Crippen LogP contribution in [0.1, 0.15) is 38.5 Å². The van der Waals surface area contributed by atoms with E-state index in [1.54, 1.807) is 12.1 Å². The van der Waals surface area contributed by atoms with Crippen molar-refractivity contribution in [1.29, 1.82) is 0 Å². The standard InChI is InChI=1S/C16H19BrN2O2/c17-11-6-8-13(9-7-11)19-15(20)10-14(16(19)21)18-12-4-2-1-3-5-12/h6-9,12,14,18H,1-5,10H2/t14-/m0/s1. The van der Waals surface area contributed by atoms with Crippen LogP contribution >= 0.6 is 15.9 Å². The van der Waals surface area contributed by atoms with Gasteiger partial charge in [-0.2, -0.15) is 0 Å². The Kier molecular flexibility index (Phi) is 4.40. The first-order valence-corrected chi connectivity index (χ1v) is 8.33. The van der Waals surface area contributed by atoms with Crippen molar-refractivity contribution in [2.24, 2.45) is 0 Å². The Labute approximate surface area is 133 Å². The number of halogens is 1. The summed E-state index contributed by atoms with van der Waals surface area (Å²) in [7, 11) is 0. The van der Waals surface area contributed by atoms with Gasteiger partial charge in [-0.15, -0.1) is 0 Å². The van der Waals surface area contributed by atoms with Gasteiger partial charge in [-0.25, -0.2) is 4.90 Å². The number of nitrogens with one attached hydrogen (secondary N) is 1. The predicted molar refractivity (Wildman–Crippen MR) is 85.0 cm³/mol. The molecular weight excluding hydrogens is 332 g/mol.